The summed E-state index contributed by atoms with van der Waals surface area (Å²) in [6.45, 7) is 3.50. The van der Waals surface area contributed by atoms with Crippen molar-refractivity contribution in [1.29, 1.82) is 0 Å². The van der Waals surface area contributed by atoms with E-state index in [4.69, 9.17) is 4.74 Å². The molecule has 0 unspecified atom stereocenters. The predicted octanol–water partition coefficient (Wildman–Crippen LogP) is 1.58. The van der Waals surface area contributed by atoms with E-state index in [2.05, 4.69) is 7.05 Å². The molecule has 2 aromatic carbocycles. The number of hydrogen-bond acceptors (Lipinski definition) is 6. The number of nitrogens with zero attached hydrogens (tertiary/aromatic N) is 3. The first-order chi connectivity index (χ1) is 14.3. The Bertz CT molecular complexity index is 907. The second-order valence-corrected chi connectivity index (χ2v) is 7.28. The highest BCUT2D eigenvalue weighted by atomic mass is 16.6. The van der Waals surface area contributed by atoms with E-state index in [1.807, 2.05) is 17.0 Å². The Labute approximate surface area is 173 Å². The van der Waals surface area contributed by atoms with Crippen molar-refractivity contribution in [2.75, 3.05) is 33.2 Å². The van der Waals surface area contributed by atoms with E-state index in [9.17, 15) is 25.0 Å². The molecular weight excluding hydrogens is 392 g/mol. The predicted molar refractivity (Wildman–Crippen MR) is 108 cm³/mol. The van der Waals surface area contributed by atoms with E-state index in [1.54, 1.807) is 12.1 Å². The van der Waals surface area contributed by atoms with E-state index >= 15 is 0 Å². The Morgan fingerprint density at radius 1 is 1.00 bits per heavy atom. The van der Waals surface area contributed by atoms with Gasteiger partial charge in [-0.25, -0.2) is 0 Å². The van der Waals surface area contributed by atoms with Crippen molar-refractivity contribution in [1.82, 2.24) is 4.90 Å². The minimum Gasteiger partial charge on any atom is -0.457 e. The van der Waals surface area contributed by atoms with Gasteiger partial charge in [-0.2, -0.15) is 0 Å². The van der Waals surface area contributed by atoms with E-state index in [1.165, 1.54) is 4.90 Å². The topological polar surface area (TPSA) is 120 Å². The van der Waals surface area contributed by atoms with Crippen LogP contribution in [-0.2, 0) is 11.2 Å². The molecule has 1 heterocycles. The van der Waals surface area contributed by atoms with Crippen LogP contribution in [0.5, 0.6) is 11.5 Å². The lowest BCUT2D eigenvalue weighted by molar-refractivity contribution is -0.883. The molecule has 0 spiro atoms. The zero-order valence-corrected chi connectivity index (χ0v) is 16.6. The van der Waals surface area contributed by atoms with Gasteiger partial charge in [0.2, 0.25) is 5.91 Å². The Balaban J connectivity index is 1.60. The number of rotatable bonds is 7. The third-order valence-corrected chi connectivity index (χ3v) is 5.05. The molecule has 10 heteroatoms. The number of nitro groups is 2. The van der Waals surface area contributed by atoms with Gasteiger partial charge in [-0.3, -0.25) is 25.0 Å². The highest BCUT2D eigenvalue weighted by Crippen LogP contribution is 2.30. The lowest BCUT2D eigenvalue weighted by Gasteiger charge is -2.30. The molecule has 1 aliphatic heterocycles. The fourth-order valence-electron chi connectivity index (χ4n) is 3.25. The second-order valence-electron chi connectivity index (χ2n) is 7.28. The van der Waals surface area contributed by atoms with Crippen molar-refractivity contribution in [2.24, 2.45) is 0 Å². The zero-order chi connectivity index (χ0) is 21.7. The molecule has 0 aliphatic carbocycles. The molecule has 2 aromatic rings. The number of piperazine rings is 1. The van der Waals surface area contributed by atoms with Crippen molar-refractivity contribution < 1.29 is 24.3 Å². The molecule has 0 bridgehead atoms. The van der Waals surface area contributed by atoms with Gasteiger partial charge in [-0.15, -0.1) is 0 Å². The van der Waals surface area contributed by atoms with Crippen LogP contribution in [0.15, 0.2) is 42.5 Å². The maximum Gasteiger partial charge on any atom is 0.280 e. The number of quaternary nitrogens is 1. The lowest BCUT2D eigenvalue weighted by Crippen LogP contribution is -3.12. The summed E-state index contributed by atoms with van der Waals surface area (Å²) in [5, 5.41) is 22.0. The van der Waals surface area contributed by atoms with Crippen LogP contribution in [0, 0.1) is 20.2 Å². The summed E-state index contributed by atoms with van der Waals surface area (Å²) >= 11 is 0. The molecule has 3 rings (SSSR count). The minimum atomic E-state index is -0.707. The van der Waals surface area contributed by atoms with Gasteiger partial charge in [0.15, 0.2) is 0 Å². The lowest BCUT2D eigenvalue weighted by atomic mass is 10.1. The van der Waals surface area contributed by atoms with Crippen molar-refractivity contribution in [2.45, 2.75) is 12.8 Å². The fraction of sp³-hybridized carbons (Fsp3) is 0.350. The van der Waals surface area contributed by atoms with E-state index in [0.29, 0.717) is 18.6 Å². The number of benzene rings is 2. The van der Waals surface area contributed by atoms with Gasteiger partial charge in [-0.1, -0.05) is 12.1 Å². The zero-order valence-electron chi connectivity index (χ0n) is 16.6. The van der Waals surface area contributed by atoms with Gasteiger partial charge in [0.1, 0.15) is 11.5 Å². The standard InChI is InChI=1S/C20H22N4O6/c1-21-8-10-22(11-9-21)20(25)7-4-15-2-5-18(6-3-15)30-19-13-16(23(26)27)12-17(14-19)24(28)29/h2-3,5-6,12-14H,4,7-11H2,1H3/p+1. The number of ether oxygens (including phenoxy) is 1. The molecule has 1 amide bonds. The first-order valence-electron chi connectivity index (χ1n) is 9.61. The number of hydrogen-bond donors (Lipinski definition) is 1. The molecular formula is C20H23N4O6+. The highest BCUT2D eigenvalue weighted by molar-refractivity contribution is 5.76. The maximum absolute atomic E-state index is 12.3. The van der Waals surface area contributed by atoms with Crippen LogP contribution >= 0.6 is 0 Å². The summed E-state index contributed by atoms with van der Waals surface area (Å²) in [6, 6.07) is 10.1. The number of nitro benzene ring substituents is 2. The van der Waals surface area contributed by atoms with Crippen molar-refractivity contribution in [3.05, 3.63) is 68.3 Å². The molecule has 10 nitrogen and oxygen atoms in total. The molecule has 1 aliphatic rings. The Hall–Kier alpha value is -3.53. The fourth-order valence-corrected chi connectivity index (χ4v) is 3.25. The van der Waals surface area contributed by atoms with Gasteiger partial charge < -0.3 is 14.5 Å². The smallest absolute Gasteiger partial charge is 0.280 e. The molecule has 0 saturated carbocycles. The molecule has 0 atom stereocenters. The SMILES string of the molecule is C[NH+]1CCN(C(=O)CCc2ccc(Oc3cc([N+](=O)[O-])cc([N+](=O)[O-])c3)cc2)CC1. The molecule has 30 heavy (non-hydrogen) atoms. The molecule has 1 saturated heterocycles. The second kappa shape index (κ2) is 9.31. The third-order valence-electron chi connectivity index (χ3n) is 5.05. The molecule has 1 fully saturated rings. The maximum atomic E-state index is 12.3. The van der Waals surface area contributed by atoms with Crippen LogP contribution < -0.4 is 9.64 Å². The Morgan fingerprint density at radius 3 is 2.10 bits per heavy atom. The average Bonchev–Trinajstić information content (AvgIpc) is 2.73. The van der Waals surface area contributed by atoms with Gasteiger partial charge in [-0.05, 0) is 24.1 Å². The van der Waals surface area contributed by atoms with Crippen molar-refractivity contribution in [3.8, 4) is 11.5 Å². The van der Waals surface area contributed by atoms with Crippen LogP contribution in [0.25, 0.3) is 0 Å². The summed E-state index contributed by atoms with van der Waals surface area (Å²) in [6.07, 6.45) is 1.02. The third kappa shape index (κ3) is 5.51. The summed E-state index contributed by atoms with van der Waals surface area (Å²) in [5.74, 6) is 0.546. The van der Waals surface area contributed by atoms with Crippen LogP contribution in [0.1, 0.15) is 12.0 Å². The normalized spacial score (nSPS) is 14.4. The van der Waals surface area contributed by atoms with Crippen LogP contribution in [0.2, 0.25) is 0 Å². The first kappa shape index (κ1) is 21.2. The summed E-state index contributed by atoms with van der Waals surface area (Å²) < 4.78 is 5.56. The monoisotopic (exact) mass is 415 g/mol. The summed E-state index contributed by atoms with van der Waals surface area (Å²) in [5.41, 5.74) is 0.125. The molecule has 0 aromatic heterocycles. The van der Waals surface area contributed by atoms with E-state index < -0.39 is 21.2 Å². The molecule has 1 N–H and O–H groups in total. The number of aryl methyl sites for hydroxylation is 1. The van der Waals surface area contributed by atoms with E-state index in [0.717, 1.165) is 49.9 Å². The number of amides is 1. The number of carbonyl (C=O) groups excluding carboxylic acids is 1. The number of likely N-dealkylation sites (N-methyl/N-ethyl adjacent to an activating group) is 1. The number of non-ortho nitro benzene ring substituents is 2. The number of nitrogens with one attached hydrogen (secondary N) is 1. The van der Waals surface area contributed by atoms with Gasteiger partial charge >= 0.3 is 0 Å². The summed E-state index contributed by atoms with van der Waals surface area (Å²) in [4.78, 5) is 36.2. The summed E-state index contributed by atoms with van der Waals surface area (Å²) in [7, 11) is 2.12. The minimum absolute atomic E-state index is 0.0102. The molecule has 158 valence electrons. The average molecular weight is 415 g/mol. The van der Waals surface area contributed by atoms with Crippen molar-refractivity contribution in [3.63, 3.8) is 0 Å². The van der Waals surface area contributed by atoms with Crippen LogP contribution in [0.4, 0.5) is 11.4 Å². The van der Waals surface area contributed by atoms with Crippen LogP contribution in [-0.4, -0.2) is 53.9 Å². The van der Waals surface area contributed by atoms with Gasteiger partial charge in [0, 0.05) is 6.42 Å². The van der Waals surface area contributed by atoms with E-state index in [-0.39, 0.29) is 11.7 Å². The quantitative estimate of drug-likeness (QED) is 0.542. The highest BCUT2D eigenvalue weighted by Gasteiger charge is 2.21. The van der Waals surface area contributed by atoms with Crippen LogP contribution in [0.3, 0.4) is 0 Å². The largest absolute Gasteiger partial charge is 0.457 e. The number of carbonyl (C=O) groups is 1. The first-order valence-corrected chi connectivity index (χ1v) is 9.61. The van der Waals surface area contributed by atoms with Crippen molar-refractivity contribution >= 4 is 17.3 Å². The van der Waals surface area contributed by atoms with Gasteiger partial charge in [0.25, 0.3) is 11.4 Å². The van der Waals surface area contributed by atoms with Gasteiger partial charge in [0.05, 0.1) is 61.3 Å². The Morgan fingerprint density at radius 2 is 1.57 bits per heavy atom. The Kier molecular flexibility index (Phi) is 6.58. The molecule has 0 radical (unpaired) electrons.